The van der Waals surface area contributed by atoms with Crippen molar-refractivity contribution in [3.05, 3.63) is 46.5 Å². The first-order valence-corrected chi connectivity index (χ1v) is 9.83. The lowest BCUT2D eigenvalue weighted by molar-refractivity contribution is 0.0789. The molecule has 1 unspecified atom stereocenters. The van der Waals surface area contributed by atoms with Crippen molar-refractivity contribution in [3.8, 4) is 0 Å². The minimum absolute atomic E-state index is 0.0510. The Morgan fingerprint density at radius 2 is 2.07 bits per heavy atom. The van der Waals surface area contributed by atoms with Gasteiger partial charge in [-0.2, -0.15) is 0 Å². The Balaban J connectivity index is 1.70. The largest absolute Gasteiger partial charge is 0.348 e. The molecule has 1 aliphatic rings. The van der Waals surface area contributed by atoms with Gasteiger partial charge in [-0.05, 0) is 49.3 Å². The Labute approximate surface area is 160 Å². The number of hydrogen-bond donors (Lipinski definition) is 1. The van der Waals surface area contributed by atoms with Crippen molar-refractivity contribution >= 4 is 33.4 Å². The Hall–Kier alpha value is -2.61. The Bertz CT molecular complexity index is 999. The maximum atomic E-state index is 13.5. The number of pyridine rings is 1. The molecule has 1 amide bonds. The van der Waals surface area contributed by atoms with Crippen molar-refractivity contribution in [2.75, 3.05) is 18.4 Å². The van der Waals surface area contributed by atoms with Crippen LogP contribution in [0.3, 0.4) is 0 Å². The van der Waals surface area contributed by atoms with Gasteiger partial charge in [0.1, 0.15) is 5.82 Å². The average Bonchev–Trinajstić information content (AvgIpc) is 3.31. The molecular formula is C19H20FN5OS. The van der Waals surface area contributed by atoms with Gasteiger partial charge >= 0.3 is 0 Å². The summed E-state index contributed by atoms with van der Waals surface area (Å²) >= 11 is 1.49. The van der Waals surface area contributed by atoms with Crippen molar-refractivity contribution in [1.29, 1.82) is 0 Å². The lowest BCUT2D eigenvalue weighted by atomic mass is 10.1. The summed E-state index contributed by atoms with van der Waals surface area (Å²) in [5, 5.41) is 5.18. The number of fused-ring (bicyclic) bond motifs is 1. The van der Waals surface area contributed by atoms with Gasteiger partial charge in [-0.25, -0.2) is 14.4 Å². The summed E-state index contributed by atoms with van der Waals surface area (Å²) in [6, 6.07) is 1.18. The van der Waals surface area contributed by atoms with E-state index in [4.69, 9.17) is 0 Å². The van der Waals surface area contributed by atoms with Gasteiger partial charge in [0.15, 0.2) is 5.69 Å². The minimum atomic E-state index is -0.393. The number of nitrogens with zero attached hydrogens (tertiary/aromatic N) is 4. The predicted molar refractivity (Wildman–Crippen MR) is 104 cm³/mol. The summed E-state index contributed by atoms with van der Waals surface area (Å²) in [7, 11) is 0. The van der Waals surface area contributed by atoms with Gasteiger partial charge in [-0.15, -0.1) is 11.3 Å². The van der Waals surface area contributed by atoms with Crippen molar-refractivity contribution in [1.82, 2.24) is 19.9 Å². The van der Waals surface area contributed by atoms with Gasteiger partial charge in [0, 0.05) is 19.3 Å². The lowest BCUT2D eigenvalue weighted by Crippen LogP contribution is -2.29. The van der Waals surface area contributed by atoms with Crippen molar-refractivity contribution < 1.29 is 9.18 Å². The molecule has 1 saturated heterocycles. The number of amides is 1. The molecule has 0 spiro atoms. The number of likely N-dealkylation sites (tertiary alicyclic amines) is 1. The number of aromatic nitrogens is 3. The van der Waals surface area contributed by atoms with E-state index in [2.05, 4.69) is 20.3 Å². The molecule has 1 atom stereocenters. The molecule has 4 rings (SSSR count). The van der Waals surface area contributed by atoms with E-state index in [0.29, 0.717) is 17.2 Å². The highest BCUT2D eigenvalue weighted by atomic mass is 32.1. The lowest BCUT2D eigenvalue weighted by Gasteiger charge is -2.17. The van der Waals surface area contributed by atoms with E-state index in [1.807, 2.05) is 24.1 Å². The van der Waals surface area contributed by atoms with Crippen LogP contribution < -0.4 is 5.32 Å². The number of carbonyl (C=O) groups is 1. The standard InChI is InChI=1S/C19H20FN5OS/c1-11-10-27-17-15(11)23-19(22-12(2)13-7-14(20)9-21-8-13)24-16(17)18(26)25-5-3-4-6-25/h7-10,12H,3-6H2,1-2H3,(H,22,23,24). The van der Waals surface area contributed by atoms with Crippen LogP contribution in [0.5, 0.6) is 0 Å². The van der Waals surface area contributed by atoms with Gasteiger partial charge in [0.2, 0.25) is 5.95 Å². The Morgan fingerprint density at radius 1 is 1.30 bits per heavy atom. The van der Waals surface area contributed by atoms with E-state index in [1.165, 1.54) is 23.6 Å². The fraction of sp³-hybridized carbons (Fsp3) is 0.368. The number of anilines is 1. The smallest absolute Gasteiger partial charge is 0.274 e. The minimum Gasteiger partial charge on any atom is -0.348 e. The first-order chi connectivity index (χ1) is 13.0. The van der Waals surface area contributed by atoms with Crippen LogP contribution >= 0.6 is 11.3 Å². The van der Waals surface area contributed by atoms with Gasteiger partial charge in [0.25, 0.3) is 5.91 Å². The molecule has 0 radical (unpaired) electrons. The molecule has 140 valence electrons. The molecule has 1 fully saturated rings. The summed E-state index contributed by atoms with van der Waals surface area (Å²) in [5.74, 6) is -0.0794. The molecule has 0 aliphatic carbocycles. The molecular weight excluding hydrogens is 365 g/mol. The molecule has 0 saturated carbocycles. The third-order valence-corrected chi connectivity index (χ3v) is 5.85. The molecule has 6 nitrogen and oxygen atoms in total. The van der Waals surface area contributed by atoms with E-state index in [-0.39, 0.29) is 11.9 Å². The maximum Gasteiger partial charge on any atom is 0.274 e. The highest BCUT2D eigenvalue weighted by molar-refractivity contribution is 7.17. The number of nitrogens with one attached hydrogen (secondary N) is 1. The molecule has 4 heterocycles. The number of aryl methyl sites for hydroxylation is 1. The Kier molecular flexibility index (Phi) is 4.73. The van der Waals surface area contributed by atoms with E-state index < -0.39 is 5.82 Å². The quantitative estimate of drug-likeness (QED) is 0.736. The van der Waals surface area contributed by atoms with Crippen LogP contribution in [-0.4, -0.2) is 38.8 Å². The number of hydrogen-bond acceptors (Lipinski definition) is 6. The topological polar surface area (TPSA) is 71.0 Å². The van der Waals surface area contributed by atoms with Crippen LogP contribution in [0, 0.1) is 12.7 Å². The number of halogens is 1. The van der Waals surface area contributed by atoms with Crippen LogP contribution in [0.25, 0.3) is 10.2 Å². The summed E-state index contributed by atoms with van der Waals surface area (Å²) in [4.78, 5) is 27.8. The molecule has 27 heavy (non-hydrogen) atoms. The molecule has 0 aromatic carbocycles. The maximum absolute atomic E-state index is 13.5. The summed E-state index contributed by atoms with van der Waals surface area (Å²) in [5.41, 5.74) is 2.92. The normalized spacial score (nSPS) is 15.3. The zero-order chi connectivity index (χ0) is 19.0. The van der Waals surface area contributed by atoms with Crippen LogP contribution in [0.4, 0.5) is 10.3 Å². The van der Waals surface area contributed by atoms with Gasteiger partial charge in [-0.3, -0.25) is 9.78 Å². The third kappa shape index (κ3) is 3.49. The number of carbonyl (C=O) groups excluding carboxylic acids is 1. The number of thiophene rings is 1. The van der Waals surface area contributed by atoms with Crippen LogP contribution in [0.2, 0.25) is 0 Å². The molecule has 8 heteroatoms. The van der Waals surface area contributed by atoms with Gasteiger partial charge < -0.3 is 10.2 Å². The van der Waals surface area contributed by atoms with Crippen LogP contribution in [0.1, 0.15) is 47.4 Å². The second-order valence-electron chi connectivity index (χ2n) is 6.79. The monoisotopic (exact) mass is 385 g/mol. The zero-order valence-electron chi connectivity index (χ0n) is 15.2. The first-order valence-electron chi connectivity index (χ1n) is 8.95. The van der Waals surface area contributed by atoms with Crippen LogP contribution in [0.15, 0.2) is 23.8 Å². The van der Waals surface area contributed by atoms with Crippen molar-refractivity contribution in [2.45, 2.75) is 32.7 Å². The average molecular weight is 385 g/mol. The fourth-order valence-corrected chi connectivity index (χ4v) is 4.22. The third-order valence-electron chi connectivity index (χ3n) is 4.76. The van der Waals surface area contributed by atoms with E-state index >= 15 is 0 Å². The molecule has 1 aliphatic heterocycles. The summed E-state index contributed by atoms with van der Waals surface area (Å²) in [6.45, 7) is 5.39. The fourth-order valence-electron chi connectivity index (χ4n) is 3.25. The van der Waals surface area contributed by atoms with Crippen molar-refractivity contribution in [3.63, 3.8) is 0 Å². The second-order valence-corrected chi connectivity index (χ2v) is 7.67. The number of rotatable bonds is 4. The second kappa shape index (κ2) is 7.19. The van der Waals surface area contributed by atoms with E-state index in [9.17, 15) is 9.18 Å². The SMILES string of the molecule is Cc1csc2c(C(=O)N3CCCC3)nc(NC(C)c3cncc(F)c3)nc12. The van der Waals surface area contributed by atoms with E-state index in [1.54, 1.807) is 6.20 Å². The molecule has 3 aromatic rings. The Morgan fingerprint density at radius 3 is 2.81 bits per heavy atom. The van der Waals surface area contributed by atoms with E-state index in [0.717, 1.165) is 41.7 Å². The zero-order valence-corrected chi connectivity index (χ0v) is 16.0. The summed E-state index contributed by atoms with van der Waals surface area (Å²) in [6.07, 6.45) is 4.82. The first kappa shape index (κ1) is 17.8. The highest BCUT2D eigenvalue weighted by Gasteiger charge is 2.25. The van der Waals surface area contributed by atoms with Gasteiger partial charge in [-0.1, -0.05) is 0 Å². The molecule has 3 aromatic heterocycles. The molecule has 1 N–H and O–H groups in total. The van der Waals surface area contributed by atoms with Crippen LogP contribution in [-0.2, 0) is 0 Å². The summed E-state index contributed by atoms with van der Waals surface area (Å²) < 4.78 is 14.3. The highest BCUT2D eigenvalue weighted by Crippen LogP contribution is 2.30. The van der Waals surface area contributed by atoms with Crippen molar-refractivity contribution in [2.24, 2.45) is 0 Å². The predicted octanol–water partition coefficient (Wildman–Crippen LogP) is 3.94. The van der Waals surface area contributed by atoms with Gasteiger partial charge in [0.05, 0.1) is 22.5 Å². The molecule has 0 bridgehead atoms.